The third-order valence-corrected chi connectivity index (χ3v) is 5.57. The molecule has 0 bridgehead atoms. The van der Waals surface area contributed by atoms with Crippen LogP contribution in [0, 0.1) is 11.3 Å². The van der Waals surface area contributed by atoms with Crippen LogP contribution in [-0.4, -0.2) is 36.6 Å². The van der Waals surface area contributed by atoms with Crippen molar-refractivity contribution in [3.05, 3.63) is 0 Å². The molecule has 1 aliphatic rings. The monoisotopic (exact) mass is 259 g/mol. The van der Waals surface area contributed by atoms with Crippen LogP contribution in [0.5, 0.6) is 0 Å². The Morgan fingerprint density at radius 2 is 2.18 bits per heavy atom. The molecule has 0 saturated carbocycles. The molecule has 6 heteroatoms. The summed E-state index contributed by atoms with van der Waals surface area (Å²) in [5.74, 6) is 0. The number of sulfonamides is 1. The van der Waals surface area contributed by atoms with Gasteiger partial charge in [-0.05, 0) is 26.2 Å². The highest BCUT2D eigenvalue weighted by Crippen LogP contribution is 2.25. The normalized spacial score (nSPS) is 26.1. The lowest BCUT2D eigenvalue weighted by molar-refractivity contribution is 0.226. The van der Waals surface area contributed by atoms with Gasteiger partial charge in [0.2, 0.25) is 10.0 Å². The van der Waals surface area contributed by atoms with Crippen molar-refractivity contribution in [3.8, 4) is 6.07 Å². The lowest BCUT2D eigenvalue weighted by Gasteiger charge is -2.37. The molecule has 17 heavy (non-hydrogen) atoms. The standard InChI is InChI=1S/C11H21N3O2S/c1-3-10(8-12)17(15,16)14-7-5-4-6-11(14)9(2)13/h9-11H,3-7,13H2,1-2H3. The average molecular weight is 259 g/mol. The topological polar surface area (TPSA) is 87.2 Å². The van der Waals surface area contributed by atoms with Crippen molar-refractivity contribution in [2.24, 2.45) is 5.73 Å². The molecule has 0 aromatic carbocycles. The number of nitrogens with two attached hydrogens (primary N) is 1. The van der Waals surface area contributed by atoms with E-state index in [0.717, 1.165) is 19.3 Å². The highest BCUT2D eigenvalue weighted by atomic mass is 32.2. The second kappa shape index (κ2) is 5.80. The zero-order valence-corrected chi connectivity index (χ0v) is 11.3. The maximum absolute atomic E-state index is 12.3. The first kappa shape index (κ1) is 14.4. The van der Waals surface area contributed by atoms with E-state index in [0.29, 0.717) is 13.0 Å². The smallest absolute Gasteiger partial charge is 0.230 e. The minimum Gasteiger partial charge on any atom is -0.326 e. The Hall–Kier alpha value is -0.640. The number of rotatable bonds is 4. The van der Waals surface area contributed by atoms with Gasteiger partial charge in [-0.15, -0.1) is 0 Å². The summed E-state index contributed by atoms with van der Waals surface area (Å²) >= 11 is 0. The van der Waals surface area contributed by atoms with Gasteiger partial charge >= 0.3 is 0 Å². The van der Waals surface area contributed by atoms with E-state index in [4.69, 9.17) is 11.0 Å². The Morgan fingerprint density at radius 1 is 1.53 bits per heavy atom. The maximum Gasteiger partial charge on any atom is 0.230 e. The Bertz CT molecular complexity index is 386. The molecule has 1 saturated heterocycles. The predicted octanol–water partition coefficient (Wildman–Crippen LogP) is 0.820. The molecule has 1 heterocycles. The number of hydrogen-bond acceptors (Lipinski definition) is 4. The summed E-state index contributed by atoms with van der Waals surface area (Å²) in [4.78, 5) is 0. The average Bonchev–Trinajstić information content (AvgIpc) is 2.30. The van der Waals surface area contributed by atoms with Crippen LogP contribution >= 0.6 is 0 Å². The lowest BCUT2D eigenvalue weighted by Crippen LogP contribution is -2.53. The second-order valence-corrected chi connectivity index (χ2v) is 6.67. The molecule has 2 N–H and O–H groups in total. The number of nitrogens with zero attached hydrogens (tertiary/aromatic N) is 2. The van der Waals surface area contributed by atoms with Crippen molar-refractivity contribution in [1.29, 1.82) is 5.26 Å². The fraction of sp³-hybridized carbons (Fsp3) is 0.909. The molecule has 1 aliphatic heterocycles. The van der Waals surface area contributed by atoms with Gasteiger partial charge in [0.15, 0.2) is 5.25 Å². The lowest BCUT2D eigenvalue weighted by atomic mass is 10.00. The molecule has 0 aliphatic carbocycles. The van der Waals surface area contributed by atoms with E-state index >= 15 is 0 Å². The van der Waals surface area contributed by atoms with E-state index in [-0.39, 0.29) is 12.1 Å². The predicted molar refractivity (Wildman–Crippen MR) is 66.6 cm³/mol. The van der Waals surface area contributed by atoms with Crippen LogP contribution in [0.4, 0.5) is 0 Å². The Balaban J connectivity index is 2.99. The van der Waals surface area contributed by atoms with Gasteiger partial charge in [0.25, 0.3) is 0 Å². The molecule has 0 aromatic heterocycles. The third-order valence-electron chi connectivity index (χ3n) is 3.31. The van der Waals surface area contributed by atoms with Crippen LogP contribution < -0.4 is 5.73 Å². The van der Waals surface area contributed by atoms with Crippen LogP contribution in [0.3, 0.4) is 0 Å². The third kappa shape index (κ3) is 2.97. The Kier molecular flexibility index (Phi) is 4.92. The highest BCUT2D eigenvalue weighted by Gasteiger charge is 2.38. The fourth-order valence-electron chi connectivity index (χ4n) is 2.30. The van der Waals surface area contributed by atoms with E-state index in [1.54, 1.807) is 6.92 Å². The molecule has 3 unspecified atom stereocenters. The van der Waals surface area contributed by atoms with Gasteiger partial charge < -0.3 is 5.73 Å². The van der Waals surface area contributed by atoms with Crippen LogP contribution in [0.25, 0.3) is 0 Å². The second-order valence-electron chi connectivity index (χ2n) is 4.60. The van der Waals surface area contributed by atoms with Gasteiger partial charge in [-0.25, -0.2) is 8.42 Å². The summed E-state index contributed by atoms with van der Waals surface area (Å²) in [5, 5.41) is 7.99. The molecule has 0 amide bonds. The Labute approximate surface area is 104 Å². The first-order valence-corrected chi connectivity index (χ1v) is 7.61. The zero-order valence-electron chi connectivity index (χ0n) is 10.5. The van der Waals surface area contributed by atoms with Crippen molar-refractivity contribution in [2.75, 3.05) is 6.54 Å². The molecule has 5 nitrogen and oxygen atoms in total. The maximum atomic E-state index is 12.3. The SMILES string of the molecule is CCC(C#N)S(=O)(=O)N1CCCCC1C(C)N. The number of piperidine rings is 1. The van der Waals surface area contributed by atoms with Gasteiger partial charge in [-0.3, -0.25) is 0 Å². The summed E-state index contributed by atoms with van der Waals surface area (Å²) in [7, 11) is -3.53. The number of hydrogen-bond donors (Lipinski definition) is 1. The molecule has 98 valence electrons. The molecule has 1 rings (SSSR count). The van der Waals surface area contributed by atoms with E-state index < -0.39 is 15.3 Å². The summed E-state index contributed by atoms with van der Waals surface area (Å²) in [6.07, 6.45) is 2.96. The molecular weight excluding hydrogens is 238 g/mol. The van der Waals surface area contributed by atoms with E-state index in [1.807, 2.05) is 13.0 Å². The molecule has 1 fully saturated rings. The molecular formula is C11H21N3O2S. The first-order chi connectivity index (χ1) is 7.95. The van der Waals surface area contributed by atoms with Crippen LogP contribution in [0.15, 0.2) is 0 Å². The highest BCUT2D eigenvalue weighted by molar-refractivity contribution is 7.90. The first-order valence-electron chi connectivity index (χ1n) is 6.11. The van der Waals surface area contributed by atoms with Crippen LogP contribution in [0.2, 0.25) is 0 Å². The summed E-state index contributed by atoms with van der Waals surface area (Å²) < 4.78 is 26.1. The van der Waals surface area contributed by atoms with Crippen molar-refractivity contribution in [2.45, 2.75) is 56.9 Å². The van der Waals surface area contributed by atoms with E-state index in [1.165, 1.54) is 4.31 Å². The van der Waals surface area contributed by atoms with Crippen molar-refractivity contribution >= 4 is 10.0 Å². The van der Waals surface area contributed by atoms with E-state index in [2.05, 4.69) is 0 Å². The minimum absolute atomic E-state index is 0.156. The van der Waals surface area contributed by atoms with Gasteiger partial charge in [-0.2, -0.15) is 9.57 Å². The molecule has 0 aromatic rings. The largest absolute Gasteiger partial charge is 0.326 e. The van der Waals surface area contributed by atoms with Crippen molar-refractivity contribution < 1.29 is 8.42 Å². The van der Waals surface area contributed by atoms with Gasteiger partial charge in [0.1, 0.15) is 0 Å². The van der Waals surface area contributed by atoms with Gasteiger partial charge in [0, 0.05) is 18.6 Å². The van der Waals surface area contributed by atoms with E-state index in [9.17, 15) is 8.42 Å². The Morgan fingerprint density at radius 3 is 2.65 bits per heavy atom. The summed E-state index contributed by atoms with van der Waals surface area (Å²) in [6, 6.07) is 1.53. The number of nitriles is 1. The summed E-state index contributed by atoms with van der Waals surface area (Å²) in [5.41, 5.74) is 5.85. The fourth-order valence-corrected chi connectivity index (χ4v) is 4.24. The molecule has 0 radical (unpaired) electrons. The minimum atomic E-state index is -3.53. The van der Waals surface area contributed by atoms with Crippen molar-refractivity contribution in [1.82, 2.24) is 4.31 Å². The summed E-state index contributed by atoms with van der Waals surface area (Å²) in [6.45, 7) is 4.04. The molecule has 0 spiro atoms. The zero-order chi connectivity index (χ0) is 13.1. The van der Waals surface area contributed by atoms with Crippen molar-refractivity contribution in [3.63, 3.8) is 0 Å². The molecule has 3 atom stereocenters. The van der Waals surface area contributed by atoms with Gasteiger partial charge in [0.05, 0.1) is 6.07 Å². The van der Waals surface area contributed by atoms with Crippen LogP contribution in [-0.2, 0) is 10.0 Å². The quantitative estimate of drug-likeness (QED) is 0.809. The van der Waals surface area contributed by atoms with Crippen LogP contribution in [0.1, 0.15) is 39.5 Å². The van der Waals surface area contributed by atoms with Gasteiger partial charge in [-0.1, -0.05) is 13.3 Å².